The summed E-state index contributed by atoms with van der Waals surface area (Å²) < 4.78 is 4.70. The zero-order chi connectivity index (χ0) is 4.95. The van der Waals surface area contributed by atoms with Gasteiger partial charge in [-0.2, -0.15) is 0 Å². The van der Waals surface area contributed by atoms with Crippen LogP contribution < -0.4 is 0 Å². The maximum atomic E-state index is 4.70. The van der Waals surface area contributed by atoms with Gasteiger partial charge in [0.25, 0.3) is 0 Å². The third kappa shape index (κ3) is 1.44. The van der Waals surface area contributed by atoms with Crippen LogP contribution in [0.5, 0.6) is 0 Å². The average Bonchev–Trinajstić information content (AvgIpc) is 1.90. The normalized spacial score (nSPS) is 18.3. The molecule has 36 valence electrons. The summed E-state index contributed by atoms with van der Waals surface area (Å²) in [6.45, 7) is 2.67. The minimum absolute atomic E-state index is 0.785. The summed E-state index contributed by atoms with van der Waals surface area (Å²) in [6.07, 6.45) is 8.12. The van der Waals surface area contributed by atoms with Gasteiger partial charge in [0.05, 0.1) is 6.26 Å². The molecule has 1 nitrogen and oxygen atoms in total. The molecule has 2 radical (unpaired) electrons. The minimum atomic E-state index is 0.785. The Hall–Kier alpha value is -0.720. The molecule has 0 unspecified atom stereocenters. The van der Waals surface area contributed by atoms with Crippen molar-refractivity contribution in [1.82, 2.24) is 0 Å². The van der Waals surface area contributed by atoms with Crippen LogP contribution in [-0.4, -0.2) is 0 Å². The highest BCUT2D eigenvalue weighted by atomic mass is 16.5. The molecule has 0 fully saturated rings. The molecule has 1 rings (SSSR count). The molecule has 0 atom stereocenters. The Morgan fingerprint density at radius 1 is 1.43 bits per heavy atom. The van der Waals surface area contributed by atoms with Crippen LogP contribution in [0.2, 0.25) is 0 Å². The van der Waals surface area contributed by atoms with Crippen molar-refractivity contribution in [1.29, 1.82) is 0 Å². The van der Waals surface area contributed by atoms with Crippen LogP contribution in [0.1, 0.15) is 6.42 Å². The summed E-state index contributed by atoms with van der Waals surface area (Å²) >= 11 is 0. The van der Waals surface area contributed by atoms with E-state index >= 15 is 0 Å². The molecule has 7 heavy (non-hydrogen) atoms. The number of allylic oxidation sites excluding steroid dienone is 2. The number of ether oxygens (including phenoxy) is 1. The highest BCUT2D eigenvalue weighted by molar-refractivity contribution is 5.03. The maximum Gasteiger partial charge on any atom is 0.199 e. The van der Waals surface area contributed by atoms with E-state index in [-0.39, 0.29) is 0 Å². The van der Waals surface area contributed by atoms with Crippen LogP contribution in [0, 0.1) is 6.61 Å². The van der Waals surface area contributed by atoms with Crippen molar-refractivity contribution in [2.45, 2.75) is 6.42 Å². The highest BCUT2D eigenvalue weighted by Gasteiger charge is 1.83. The first-order chi connectivity index (χ1) is 3.50. The van der Waals surface area contributed by atoms with E-state index < -0.39 is 0 Å². The first kappa shape index (κ1) is 4.44. The second-order valence-electron chi connectivity index (χ2n) is 1.22. The fraction of sp³-hybridized carbons (Fsp3) is 0.167. The van der Waals surface area contributed by atoms with Crippen molar-refractivity contribution in [3.8, 4) is 0 Å². The third-order valence-electron chi connectivity index (χ3n) is 0.678. The summed E-state index contributed by atoms with van der Waals surface area (Å²) in [6, 6.07) is 0. The highest BCUT2D eigenvalue weighted by Crippen LogP contribution is 1.96. The van der Waals surface area contributed by atoms with E-state index in [9.17, 15) is 0 Å². The Bertz CT molecular complexity index is 80.4. The quantitative estimate of drug-likeness (QED) is 0.442. The van der Waals surface area contributed by atoms with E-state index in [0.717, 1.165) is 6.42 Å². The first-order valence-corrected chi connectivity index (χ1v) is 2.20. The standard InChI is InChI=1S/C6H6O/c1-2-4-6-7-5-3-1/h1-3,5H,4H2. The summed E-state index contributed by atoms with van der Waals surface area (Å²) in [5, 5.41) is 0. The van der Waals surface area contributed by atoms with Gasteiger partial charge < -0.3 is 4.74 Å². The van der Waals surface area contributed by atoms with E-state index in [1.54, 1.807) is 6.26 Å². The molecule has 1 aliphatic rings. The maximum absolute atomic E-state index is 4.70. The summed E-state index contributed by atoms with van der Waals surface area (Å²) in [7, 11) is 0. The van der Waals surface area contributed by atoms with Gasteiger partial charge in [0.2, 0.25) is 0 Å². The molecule has 0 spiro atoms. The molecule has 0 aliphatic carbocycles. The Labute approximate surface area is 43.3 Å². The molecular formula is C6H6O. The van der Waals surface area contributed by atoms with Crippen LogP contribution in [0.25, 0.3) is 0 Å². The van der Waals surface area contributed by atoms with Gasteiger partial charge in [0.15, 0.2) is 6.61 Å². The number of hydrogen-bond donors (Lipinski definition) is 0. The van der Waals surface area contributed by atoms with E-state index in [2.05, 4.69) is 6.61 Å². The van der Waals surface area contributed by atoms with Crippen molar-refractivity contribution >= 4 is 0 Å². The molecule has 0 amide bonds. The Morgan fingerprint density at radius 2 is 2.43 bits per heavy atom. The topological polar surface area (TPSA) is 9.23 Å². The van der Waals surface area contributed by atoms with Gasteiger partial charge in [-0.25, -0.2) is 0 Å². The van der Waals surface area contributed by atoms with Crippen molar-refractivity contribution in [3.05, 3.63) is 31.1 Å². The number of hydrogen-bond acceptors (Lipinski definition) is 1. The predicted octanol–water partition coefficient (Wildman–Crippen LogP) is 1.52. The molecule has 1 heteroatoms. The van der Waals surface area contributed by atoms with Gasteiger partial charge in [-0.1, -0.05) is 12.2 Å². The van der Waals surface area contributed by atoms with Gasteiger partial charge in [-0.3, -0.25) is 0 Å². The molecule has 0 N–H and O–H groups in total. The van der Waals surface area contributed by atoms with Gasteiger partial charge in [0, 0.05) is 6.42 Å². The van der Waals surface area contributed by atoms with Gasteiger partial charge in [0.1, 0.15) is 0 Å². The van der Waals surface area contributed by atoms with Crippen LogP contribution in [0.3, 0.4) is 0 Å². The Morgan fingerprint density at radius 3 is 3.43 bits per heavy atom. The zero-order valence-electron chi connectivity index (χ0n) is 3.92. The zero-order valence-corrected chi connectivity index (χ0v) is 3.92. The van der Waals surface area contributed by atoms with E-state index in [1.165, 1.54) is 0 Å². The lowest BCUT2D eigenvalue weighted by atomic mass is 10.4. The molecule has 1 aliphatic heterocycles. The predicted molar refractivity (Wildman–Crippen MR) is 27.2 cm³/mol. The molecule has 1 heterocycles. The molecular weight excluding hydrogens is 88.1 g/mol. The SMILES string of the molecule is [C]1CC=CC=CO1. The minimum Gasteiger partial charge on any atom is -0.486 e. The van der Waals surface area contributed by atoms with Crippen LogP contribution in [0.15, 0.2) is 24.5 Å². The molecule has 0 saturated heterocycles. The summed E-state index contributed by atoms with van der Waals surface area (Å²) in [5.41, 5.74) is 0. The van der Waals surface area contributed by atoms with Gasteiger partial charge in [-0.15, -0.1) is 0 Å². The molecule has 0 aromatic heterocycles. The number of rotatable bonds is 0. The lowest BCUT2D eigenvalue weighted by molar-refractivity contribution is 0.333. The third-order valence-corrected chi connectivity index (χ3v) is 0.678. The van der Waals surface area contributed by atoms with Crippen molar-refractivity contribution in [2.75, 3.05) is 0 Å². The monoisotopic (exact) mass is 94.0 g/mol. The van der Waals surface area contributed by atoms with Gasteiger partial charge in [-0.05, 0) is 6.08 Å². The second kappa shape index (κ2) is 2.45. The van der Waals surface area contributed by atoms with Crippen molar-refractivity contribution in [2.24, 2.45) is 0 Å². The van der Waals surface area contributed by atoms with E-state index in [4.69, 9.17) is 4.74 Å². The van der Waals surface area contributed by atoms with Crippen molar-refractivity contribution in [3.63, 3.8) is 0 Å². The molecule has 0 aromatic carbocycles. The molecule has 0 bridgehead atoms. The summed E-state index contributed by atoms with van der Waals surface area (Å²) in [5.74, 6) is 0. The van der Waals surface area contributed by atoms with Gasteiger partial charge >= 0.3 is 0 Å². The van der Waals surface area contributed by atoms with E-state index in [1.807, 2.05) is 18.2 Å². The largest absolute Gasteiger partial charge is 0.486 e. The van der Waals surface area contributed by atoms with Crippen LogP contribution in [-0.2, 0) is 4.74 Å². The molecule has 0 saturated carbocycles. The fourth-order valence-electron chi connectivity index (χ4n) is 0.376. The van der Waals surface area contributed by atoms with Crippen LogP contribution in [0.4, 0.5) is 0 Å². The Kier molecular flexibility index (Phi) is 1.56. The first-order valence-electron chi connectivity index (χ1n) is 2.20. The van der Waals surface area contributed by atoms with Crippen LogP contribution >= 0.6 is 0 Å². The van der Waals surface area contributed by atoms with Crippen molar-refractivity contribution < 1.29 is 4.74 Å². The smallest absolute Gasteiger partial charge is 0.199 e. The lowest BCUT2D eigenvalue weighted by Crippen LogP contribution is -1.70. The summed E-state index contributed by atoms with van der Waals surface area (Å²) in [4.78, 5) is 0. The average molecular weight is 94.1 g/mol. The second-order valence-corrected chi connectivity index (χ2v) is 1.22. The molecule has 0 aromatic rings. The fourth-order valence-corrected chi connectivity index (χ4v) is 0.376. The lowest BCUT2D eigenvalue weighted by Gasteiger charge is -1.86. The van der Waals surface area contributed by atoms with E-state index in [0.29, 0.717) is 0 Å². The Balaban J connectivity index is 2.39.